The Labute approximate surface area is 179 Å². The number of rotatable bonds is 3. The molecule has 2 N–H and O–H groups in total. The fourth-order valence-electron chi connectivity index (χ4n) is 3.80. The number of fused-ring (bicyclic) bond motifs is 2. The van der Waals surface area contributed by atoms with Gasteiger partial charge in [-0.3, -0.25) is 10.1 Å². The molecule has 0 radical (unpaired) electrons. The van der Waals surface area contributed by atoms with Crippen LogP contribution in [-0.2, 0) is 0 Å². The average molecular weight is 426 g/mol. The van der Waals surface area contributed by atoms with E-state index in [1.165, 1.54) is 6.07 Å². The van der Waals surface area contributed by atoms with Crippen LogP contribution in [0.3, 0.4) is 0 Å². The van der Waals surface area contributed by atoms with E-state index in [1.807, 2.05) is 49.6 Å². The number of imidazole rings is 1. The number of pyridine rings is 2. The first-order chi connectivity index (χ1) is 15.2. The summed E-state index contributed by atoms with van der Waals surface area (Å²) < 4.78 is 13.6. The molecule has 0 fully saturated rings. The van der Waals surface area contributed by atoms with E-state index in [0.717, 1.165) is 54.9 Å². The van der Waals surface area contributed by atoms with E-state index in [-0.39, 0.29) is 5.13 Å². The first-order valence-corrected chi connectivity index (χ1v) is 10.5. The molecule has 0 aliphatic carbocycles. The van der Waals surface area contributed by atoms with Gasteiger partial charge in [0.2, 0.25) is 0 Å². The largest absolute Gasteiger partial charge is 0.337 e. The highest BCUT2D eigenvalue weighted by molar-refractivity contribution is 7.14. The van der Waals surface area contributed by atoms with Crippen LogP contribution in [0.15, 0.2) is 61.1 Å². The minimum absolute atomic E-state index is 0.217. The zero-order valence-corrected chi connectivity index (χ0v) is 17.2. The number of thiophene rings is 1. The molecule has 0 atom stereocenters. The maximum Gasteiger partial charge on any atom is 0.176 e. The van der Waals surface area contributed by atoms with Crippen molar-refractivity contribution < 1.29 is 4.39 Å². The molecule has 6 nitrogen and oxygen atoms in total. The molecule has 0 aliphatic rings. The Bertz CT molecular complexity index is 1580. The zero-order chi connectivity index (χ0) is 20.9. The molecule has 1 aromatic carbocycles. The van der Waals surface area contributed by atoms with E-state index in [0.29, 0.717) is 17.2 Å². The zero-order valence-electron chi connectivity index (χ0n) is 16.3. The lowest BCUT2D eigenvalue weighted by atomic mass is 10.0. The highest BCUT2D eigenvalue weighted by Crippen LogP contribution is 2.35. The number of H-pyrrole nitrogens is 2. The van der Waals surface area contributed by atoms with Crippen LogP contribution in [0.25, 0.3) is 55.2 Å². The number of halogens is 1. The molecule has 8 heteroatoms. The predicted molar refractivity (Wildman–Crippen MR) is 120 cm³/mol. The predicted octanol–water partition coefficient (Wildman–Crippen LogP) is 5.74. The van der Waals surface area contributed by atoms with Gasteiger partial charge in [-0.05, 0) is 42.8 Å². The number of aromatic amines is 2. The van der Waals surface area contributed by atoms with Gasteiger partial charge in [-0.25, -0.2) is 9.97 Å². The average Bonchev–Trinajstić information content (AvgIpc) is 3.50. The van der Waals surface area contributed by atoms with E-state index < -0.39 is 0 Å². The SMILES string of the molecule is Cc1ccncc1-c1cnc2[nH]nc(-c3nc4c(-c5ccc(F)s5)cccc4[nH]3)c2c1. The van der Waals surface area contributed by atoms with Crippen LogP contribution in [0, 0.1) is 12.1 Å². The van der Waals surface area contributed by atoms with E-state index in [9.17, 15) is 4.39 Å². The Morgan fingerprint density at radius 2 is 1.97 bits per heavy atom. The van der Waals surface area contributed by atoms with Gasteiger partial charge in [0.05, 0.1) is 16.4 Å². The van der Waals surface area contributed by atoms with Gasteiger partial charge in [-0.15, -0.1) is 11.3 Å². The molecule has 0 spiro atoms. The molecular formula is C23H15FN6S. The van der Waals surface area contributed by atoms with Crippen molar-refractivity contribution in [2.75, 3.05) is 0 Å². The molecule has 5 heterocycles. The lowest BCUT2D eigenvalue weighted by Gasteiger charge is -2.04. The number of nitrogens with one attached hydrogen (secondary N) is 2. The van der Waals surface area contributed by atoms with Crippen molar-refractivity contribution in [2.45, 2.75) is 6.92 Å². The molecule has 0 unspecified atom stereocenters. The number of nitrogens with zero attached hydrogens (tertiary/aromatic N) is 4. The molecule has 6 rings (SSSR count). The first-order valence-electron chi connectivity index (χ1n) is 9.67. The normalized spacial score (nSPS) is 11.5. The molecule has 0 bridgehead atoms. The number of para-hydroxylation sites is 1. The van der Waals surface area contributed by atoms with E-state index in [4.69, 9.17) is 4.98 Å². The van der Waals surface area contributed by atoms with Crippen LogP contribution in [-0.4, -0.2) is 30.1 Å². The lowest BCUT2D eigenvalue weighted by Crippen LogP contribution is -1.87. The van der Waals surface area contributed by atoms with Gasteiger partial charge in [-0.2, -0.15) is 9.49 Å². The Kier molecular flexibility index (Phi) is 3.94. The van der Waals surface area contributed by atoms with Crippen molar-refractivity contribution in [1.29, 1.82) is 0 Å². The topological polar surface area (TPSA) is 83.1 Å². The minimum Gasteiger partial charge on any atom is -0.337 e. The molecule has 150 valence electrons. The second-order valence-corrected chi connectivity index (χ2v) is 8.31. The number of benzene rings is 1. The Balaban J connectivity index is 1.52. The van der Waals surface area contributed by atoms with Crippen LogP contribution in [0.2, 0.25) is 0 Å². The van der Waals surface area contributed by atoms with E-state index in [2.05, 4.69) is 25.1 Å². The summed E-state index contributed by atoms with van der Waals surface area (Å²) in [5.41, 5.74) is 7.01. The summed E-state index contributed by atoms with van der Waals surface area (Å²) in [5, 5.41) is 8.11. The summed E-state index contributed by atoms with van der Waals surface area (Å²) in [6.45, 7) is 2.05. The third-order valence-electron chi connectivity index (χ3n) is 5.34. The van der Waals surface area contributed by atoms with Gasteiger partial charge in [0, 0.05) is 40.2 Å². The van der Waals surface area contributed by atoms with Crippen LogP contribution in [0.1, 0.15) is 5.56 Å². The minimum atomic E-state index is -0.217. The summed E-state index contributed by atoms with van der Waals surface area (Å²) in [7, 11) is 0. The van der Waals surface area contributed by atoms with E-state index in [1.54, 1.807) is 12.3 Å². The number of aryl methyl sites for hydroxylation is 1. The number of hydrogen-bond acceptors (Lipinski definition) is 5. The highest BCUT2D eigenvalue weighted by Gasteiger charge is 2.17. The van der Waals surface area contributed by atoms with Crippen molar-refractivity contribution >= 4 is 33.4 Å². The fourth-order valence-corrected chi connectivity index (χ4v) is 4.56. The highest BCUT2D eigenvalue weighted by atomic mass is 32.1. The summed E-state index contributed by atoms with van der Waals surface area (Å²) in [4.78, 5) is 17.8. The quantitative estimate of drug-likeness (QED) is 0.378. The lowest BCUT2D eigenvalue weighted by molar-refractivity contribution is 0.657. The van der Waals surface area contributed by atoms with Crippen molar-refractivity contribution in [3.8, 4) is 33.1 Å². The molecule has 0 saturated carbocycles. The summed E-state index contributed by atoms with van der Waals surface area (Å²) >= 11 is 1.11. The summed E-state index contributed by atoms with van der Waals surface area (Å²) in [6, 6.07) is 13.1. The third kappa shape index (κ3) is 2.91. The molecular weight excluding hydrogens is 411 g/mol. The van der Waals surface area contributed by atoms with Crippen LogP contribution in [0.5, 0.6) is 0 Å². The fraction of sp³-hybridized carbons (Fsp3) is 0.0435. The second-order valence-electron chi connectivity index (χ2n) is 7.27. The molecule has 0 saturated heterocycles. The molecule has 0 aliphatic heterocycles. The van der Waals surface area contributed by atoms with Gasteiger partial charge in [0.25, 0.3) is 0 Å². The maximum absolute atomic E-state index is 13.6. The number of aromatic nitrogens is 6. The maximum atomic E-state index is 13.6. The second kappa shape index (κ2) is 6.82. The molecule has 5 aromatic heterocycles. The molecule has 0 amide bonds. The van der Waals surface area contributed by atoms with Gasteiger partial charge < -0.3 is 4.98 Å². The van der Waals surface area contributed by atoms with E-state index >= 15 is 0 Å². The van der Waals surface area contributed by atoms with Crippen molar-refractivity contribution in [3.63, 3.8) is 0 Å². The first kappa shape index (κ1) is 17.9. The van der Waals surface area contributed by atoms with Crippen LogP contribution in [0.4, 0.5) is 4.39 Å². The smallest absolute Gasteiger partial charge is 0.176 e. The van der Waals surface area contributed by atoms with Crippen LogP contribution >= 0.6 is 11.3 Å². The standard InChI is InChI=1S/C23H15FN6S/c1-12-7-8-25-11-16(12)13-9-15-21(29-30-22(15)26-10-13)23-27-17-4-2-3-14(20(17)28-23)18-5-6-19(24)31-18/h2-11H,1H3,(H,27,28)(H,26,29,30). The Morgan fingerprint density at radius 1 is 1.03 bits per heavy atom. The summed E-state index contributed by atoms with van der Waals surface area (Å²) in [5.74, 6) is 0.632. The van der Waals surface area contributed by atoms with Crippen LogP contribution < -0.4 is 0 Å². The third-order valence-corrected chi connectivity index (χ3v) is 6.25. The van der Waals surface area contributed by atoms with Gasteiger partial charge in [0.1, 0.15) is 5.69 Å². The van der Waals surface area contributed by atoms with Crippen molar-refractivity contribution in [1.82, 2.24) is 30.1 Å². The summed E-state index contributed by atoms with van der Waals surface area (Å²) in [6.07, 6.45) is 5.43. The van der Waals surface area contributed by atoms with Gasteiger partial charge in [-0.1, -0.05) is 12.1 Å². The van der Waals surface area contributed by atoms with Gasteiger partial charge in [0.15, 0.2) is 16.6 Å². The van der Waals surface area contributed by atoms with Crippen molar-refractivity contribution in [3.05, 3.63) is 71.7 Å². The Hall–Kier alpha value is -3.91. The molecule has 6 aromatic rings. The van der Waals surface area contributed by atoms with Crippen molar-refractivity contribution in [2.24, 2.45) is 0 Å². The molecule has 31 heavy (non-hydrogen) atoms. The van der Waals surface area contributed by atoms with Gasteiger partial charge >= 0.3 is 0 Å². The number of hydrogen-bond donors (Lipinski definition) is 2. The Morgan fingerprint density at radius 3 is 2.81 bits per heavy atom. The monoisotopic (exact) mass is 426 g/mol.